The lowest BCUT2D eigenvalue weighted by Crippen LogP contribution is -2.47. The standard InChI is InChI=1S/C18H19N5O2S/c1-11(2)9-12(16(24)20-8-7-19)21-17(25)13-10-23-14-5-3-4-6-15(14)26-18(23)22-13/h3-6,10-12H,8-9H2,1-2H3,(H,20,24)(H,21,25)/t12-/m0/s1. The van der Waals surface area contributed by atoms with Crippen molar-refractivity contribution < 1.29 is 9.59 Å². The highest BCUT2D eigenvalue weighted by molar-refractivity contribution is 7.23. The lowest BCUT2D eigenvalue weighted by Gasteiger charge is -2.18. The minimum Gasteiger partial charge on any atom is -0.341 e. The molecule has 0 saturated carbocycles. The number of thiazole rings is 1. The Labute approximate surface area is 154 Å². The Morgan fingerprint density at radius 3 is 2.85 bits per heavy atom. The highest BCUT2D eigenvalue weighted by atomic mass is 32.1. The Balaban J connectivity index is 1.81. The van der Waals surface area contributed by atoms with Gasteiger partial charge in [-0.25, -0.2) is 4.98 Å². The number of carbonyl (C=O) groups excluding carboxylic acids is 2. The van der Waals surface area contributed by atoms with Crippen LogP contribution in [0.2, 0.25) is 0 Å². The maximum Gasteiger partial charge on any atom is 0.272 e. The van der Waals surface area contributed by atoms with Gasteiger partial charge in [0, 0.05) is 6.20 Å². The smallest absolute Gasteiger partial charge is 0.272 e. The first kappa shape index (κ1) is 17.9. The second kappa shape index (κ2) is 7.54. The Hall–Kier alpha value is -2.92. The van der Waals surface area contributed by atoms with E-state index in [1.54, 1.807) is 6.20 Å². The normalized spacial score (nSPS) is 12.2. The quantitative estimate of drug-likeness (QED) is 0.651. The van der Waals surface area contributed by atoms with Gasteiger partial charge in [-0.15, -0.1) is 0 Å². The molecule has 26 heavy (non-hydrogen) atoms. The van der Waals surface area contributed by atoms with Gasteiger partial charge in [0.25, 0.3) is 5.91 Å². The first-order valence-corrected chi connectivity index (χ1v) is 9.13. The van der Waals surface area contributed by atoms with Crippen molar-refractivity contribution in [2.75, 3.05) is 6.54 Å². The molecule has 0 spiro atoms. The average Bonchev–Trinajstić information content (AvgIpc) is 3.16. The summed E-state index contributed by atoms with van der Waals surface area (Å²) >= 11 is 1.50. The lowest BCUT2D eigenvalue weighted by atomic mass is 10.0. The van der Waals surface area contributed by atoms with Crippen LogP contribution in [0, 0.1) is 17.2 Å². The molecule has 0 saturated heterocycles. The number of rotatable bonds is 6. The highest BCUT2D eigenvalue weighted by Gasteiger charge is 2.24. The SMILES string of the molecule is CC(C)C[C@H](NC(=O)c1cn2c(n1)sc1ccccc12)C(=O)NCC#N. The van der Waals surface area contributed by atoms with Gasteiger partial charge < -0.3 is 10.6 Å². The summed E-state index contributed by atoms with van der Waals surface area (Å²) in [5.74, 6) is -0.551. The van der Waals surface area contributed by atoms with Crippen molar-refractivity contribution in [3.05, 3.63) is 36.2 Å². The summed E-state index contributed by atoms with van der Waals surface area (Å²) in [6.45, 7) is 3.85. The van der Waals surface area contributed by atoms with Crippen LogP contribution in [0.25, 0.3) is 15.2 Å². The largest absolute Gasteiger partial charge is 0.341 e. The molecule has 0 aliphatic rings. The number of aromatic nitrogens is 2. The minimum absolute atomic E-state index is 0.0878. The molecule has 3 aromatic rings. The van der Waals surface area contributed by atoms with Crippen molar-refractivity contribution in [1.82, 2.24) is 20.0 Å². The summed E-state index contributed by atoms with van der Waals surface area (Å²) in [5, 5.41) is 13.9. The summed E-state index contributed by atoms with van der Waals surface area (Å²) in [7, 11) is 0. The summed E-state index contributed by atoms with van der Waals surface area (Å²) in [6, 6.07) is 9.04. The van der Waals surface area contributed by atoms with Crippen molar-refractivity contribution in [3.63, 3.8) is 0 Å². The Kier molecular flexibility index (Phi) is 5.19. The lowest BCUT2D eigenvalue weighted by molar-refractivity contribution is -0.123. The topological polar surface area (TPSA) is 99.3 Å². The number of nitrogens with one attached hydrogen (secondary N) is 2. The van der Waals surface area contributed by atoms with Gasteiger partial charge in [0.1, 0.15) is 18.3 Å². The van der Waals surface area contributed by atoms with E-state index < -0.39 is 11.9 Å². The number of hydrogen-bond acceptors (Lipinski definition) is 5. The van der Waals surface area contributed by atoms with Crippen LogP contribution in [-0.2, 0) is 4.79 Å². The highest BCUT2D eigenvalue weighted by Crippen LogP contribution is 2.25. The van der Waals surface area contributed by atoms with E-state index in [0.29, 0.717) is 6.42 Å². The molecule has 1 aromatic carbocycles. The first-order chi connectivity index (χ1) is 12.5. The molecule has 7 nitrogen and oxygen atoms in total. The number of carbonyl (C=O) groups is 2. The van der Waals surface area contributed by atoms with E-state index in [0.717, 1.165) is 15.2 Å². The third kappa shape index (κ3) is 3.68. The fourth-order valence-corrected chi connectivity index (χ4v) is 3.75. The van der Waals surface area contributed by atoms with Crippen LogP contribution in [0.5, 0.6) is 0 Å². The second-order valence-electron chi connectivity index (χ2n) is 6.38. The molecular formula is C18H19N5O2S. The van der Waals surface area contributed by atoms with Gasteiger partial charge in [0.2, 0.25) is 5.91 Å². The van der Waals surface area contributed by atoms with Crippen LogP contribution < -0.4 is 10.6 Å². The van der Waals surface area contributed by atoms with Crippen molar-refractivity contribution in [1.29, 1.82) is 5.26 Å². The number of amides is 2. The van der Waals surface area contributed by atoms with Crippen molar-refractivity contribution >= 4 is 38.3 Å². The van der Waals surface area contributed by atoms with Gasteiger partial charge in [0.15, 0.2) is 4.96 Å². The van der Waals surface area contributed by atoms with Crippen LogP contribution in [0.1, 0.15) is 30.8 Å². The minimum atomic E-state index is -0.702. The van der Waals surface area contributed by atoms with Crippen molar-refractivity contribution in [2.24, 2.45) is 5.92 Å². The summed E-state index contributed by atoms with van der Waals surface area (Å²) < 4.78 is 2.97. The molecule has 0 bridgehead atoms. The van der Waals surface area contributed by atoms with E-state index in [1.165, 1.54) is 11.3 Å². The molecule has 2 N–H and O–H groups in total. The van der Waals surface area contributed by atoms with Gasteiger partial charge in [-0.3, -0.25) is 14.0 Å². The maximum atomic E-state index is 12.6. The molecule has 3 rings (SSSR count). The molecule has 2 aromatic heterocycles. The van der Waals surface area contributed by atoms with Crippen molar-refractivity contribution in [3.8, 4) is 6.07 Å². The van der Waals surface area contributed by atoms with Crippen LogP contribution in [0.3, 0.4) is 0 Å². The molecular weight excluding hydrogens is 350 g/mol. The second-order valence-corrected chi connectivity index (χ2v) is 7.39. The molecule has 0 aliphatic heterocycles. The molecule has 2 heterocycles. The van der Waals surface area contributed by atoms with E-state index in [-0.39, 0.29) is 24.1 Å². The number of hydrogen-bond donors (Lipinski definition) is 2. The molecule has 134 valence electrons. The van der Waals surface area contributed by atoms with Gasteiger partial charge in [-0.2, -0.15) is 5.26 Å². The Bertz CT molecular complexity index is 998. The van der Waals surface area contributed by atoms with E-state index in [9.17, 15) is 9.59 Å². The van der Waals surface area contributed by atoms with Gasteiger partial charge in [-0.05, 0) is 24.5 Å². The van der Waals surface area contributed by atoms with Crippen LogP contribution in [0.15, 0.2) is 30.5 Å². The molecule has 0 radical (unpaired) electrons. The van der Waals surface area contributed by atoms with Crippen LogP contribution in [0.4, 0.5) is 0 Å². The number of nitrogens with zero attached hydrogens (tertiary/aromatic N) is 3. The fourth-order valence-electron chi connectivity index (χ4n) is 2.74. The molecule has 0 fully saturated rings. The number of fused-ring (bicyclic) bond motifs is 3. The number of imidazole rings is 1. The van der Waals surface area contributed by atoms with Crippen LogP contribution >= 0.6 is 11.3 Å². The molecule has 0 aliphatic carbocycles. The first-order valence-electron chi connectivity index (χ1n) is 8.31. The zero-order chi connectivity index (χ0) is 18.7. The third-order valence-electron chi connectivity index (χ3n) is 3.90. The van der Waals surface area contributed by atoms with E-state index >= 15 is 0 Å². The number of para-hydroxylation sites is 1. The molecule has 1 atom stereocenters. The summed E-state index contributed by atoms with van der Waals surface area (Å²) in [5.41, 5.74) is 1.26. The molecule has 8 heteroatoms. The molecule has 2 amide bonds. The zero-order valence-electron chi connectivity index (χ0n) is 14.5. The Morgan fingerprint density at radius 1 is 1.35 bits per heavy atom. The Morgan fingerprint density at radius 2 is 2.12 bits per heavy atom. The van der Waals surface area contributed by atoms with Gasteiger partial charge in [-0.1, -0.05) is 37.3 Å². The van der Waals surface area contributed by atoms with Crippen LogP contribution in [-0.4, -0.2) is 33.8 Å². The molecule has 0 unspecified atom stereocenters. The summed E-state index contributed by atoms with van der Waals surface area (Å²) in [4.78, 5) is 29.9. The van der Waals surface area contributed by atoms with Gasteiger partial charge >= 0.3 is 0 Å². The fraction of sp³-hybridized carbons (Fsp3) is 0.333. The zero-order valence-corrected chi connectivity index (χ0v) is 15.3. The monoisotopic (exact) mass is 369 g/mol. The van der Waals surface area contributed by atoms with E-state index in [2.05, 4.69) is 15.6 Å². The van der Waals surface area contributed by atoms with Crippen molar-refractivity contribution in [2.45, 2.75) is 26.3 Å². The number of benzene rings is 1. The van der Waals surface area contributed by atoms with E-state index in [4.69, 9.17) is 5.26 Å². The average molecular weight is 369 g/mol. The third-order valence-corrected chi connectivity index (χ3v) is 4.94. The maximum absolute atomic E-state index is 12.6. The predicted octanol–water partition coefficient (Wildman–Crippen LogP) is 2.33. The number of nitriles is 1. The predicted molar refractivity (Wildman–Crippen MR) is 99.9 cm³/mol. The van der Waals surface area contributed by atoms with E-state index in [1.807, 2.05) is 48.6 Å². The summed E-state index contributed by atoms with van der Waals surface area (Å²) in [6.07, 6.45) is 2.16. The van der Waals surface area contributed by atoms with Gasteiger partial charge in [0.05, 0.1) is 16.3 Å².